The molecule has 3 aliphatic rings. The molecule has 0 saturated heterocycles. The lowest BCUT2D eigenvalue weighted by atomic mass is 9.83. The van der Waals surface area contributed by atoms with Gasteiger partial charge in [0, 0.05) is 19.5 Å². The van der Waals surface area contributed by atoms with Gasteiger partial charge in [-0.15, -0.1) is 0 Å². The highest BCUT2D eigenvalue weighted by Gasteiger charge is 2.43. The van der Waals surface area contributed by atoms with Crippen LogP contribution < -0.4 is 26.0 Å². The van der Waals surface area contributed by atoms with Gasteiger partial charge in [0.05, 0.1) is 51.7 Å². The number of nitrogens with zero attached hydrogens (tertiary/aromatic N) is 1. The van der Waals surface area contributed by atoms with Crippen LogP contribution in [0, 0.1) is 11.3 Å². The van der Waals surface area contributed by atoms with Crippen LogP contribution in [0.1, 0.15) is 101 Å². The first kappa shape index (κ1) is 44.6. The Morgan fingerprint density at radius 3 is 2.25 bits per heavy atom. The fourth-order valence-corrected chi connectivity index (χ4v) is 8.10. The Hall–Kier alpha value is -3.55. The van der Waals surface area contributed by atoms with Crippen molar-refractivity contribution < 1.29 is 33.3 Å². The third-order valence-electron chi connectivity index (χ3n) is 11.6. The van der Waals surface area contributed by atoms with Crippen LogP contribution in [0.4, 0.5) is 0 Å². The van der Waals surface area contributed by atoms with E-state index in [0.717, 1.165) is 55.0 Å². The van der Waals surface area contributed by atoms with Crippen molar-refractivity contribution in [2.24, 2.45) is 11.3 Å². The van der Waals surface area contributed by atoms with Gasteiger partial charge in [0.15, 0.2) is 0 Å². The number of hydrogen-bond acceptors (Lipinski definition) is 9. The first-order chi connectivity index (χ1) is 27.5. The summed E-state index contributed by atoms with van der Waals surface area (Å²) in [5.74, 6) is 0.741. The average molecular weight is 792 g/mol. The number of fused-ring (bicyclic) bond motifs is 2. The molecule has 0 unspecified atom stereocenters. The number of carbonyl (C=O) groups excluding carboxylic acids is 3. The minimum absolute atomic E-state index is 0.123. The van der Waals surface area contributed by atoms with Gasteiger partial charge in [-0.1, -0.05) is 70.4 Å². The third-order valence-corrected chi connectivity index (χ3v) is 11.6. The van der Waals surface area contributed by atoms with Gasteiger partial charge >= 0.3 is 0 Å². The lowest BCUT2D eigenvalue weighted by Gasteiger charge is -2.41. The minimum atomic E-state index is -0.848. The van der Waals surface area contributed by atoms with Crippen molar-refractivity contribution in [2.45, 2.75) is 116 Å². The molecule has 4 atom stereocenters. The molecule has 1 aliphatic heterocycles. The maximum Gasteiger partial charge on any atom is 0.246 e. The largest absolute Gasteiger partial charge is 0.491 e. The molecule has 2 aromatic rings. The van der Waals surface area contributed by atoms with Crippen LogP contribution in [0.5, 0.6) is 5.75 Å². The zero-order chi connectivity index (χ0) is 40.6. The van der Waals surface area contributed by atoms with E-state index in [4.69, 9.17) is 18.9 Å². The van der Waals surface area contributed by atoms with Gasteiger partial charge in [-0.3, -0.25) is 14.4 Å². The molecule has 2 aliphatic carbocycles. The molecule has 1 heterocycles. The third kappa shape index (κ3) is 13.5. The Morgan fingerprint density at radius 1 is 0.825 bits per heavy atom. The van der Waals surface area contributed by atoms with Gasteiger partial charge in [-0.2, -0.15) is 0 Å². The molecule has 0 radical (unpaired) electrons. The van der Waals surface area contributed by atoms with Crippen molar-refractivity contribution >= 4 is 17.7 Å². The number of benzene rings is 2. The number of aryl methyl sites for hydroxylation is 1. The van der Waals surface area contributed by atoms with E-state index in [0.29, 0.717) is 58.4 Å². The standard InChI is InChI=1S/C45H69N5O7/c1-32(46-5)42(51)49-41(45(2,3)4)44(53)50-31-36-28-37(57-27-26-56-25-24-55-23-22-54-21-20-47-30-33-12-7-6-8-13-33)19-18-35(36)29-40(50)43(52)48-39-17-11-15-34-14-9-10-16-38(34)39/h9-10,14,16,18-19,28,32-33,39-41,46-47H,6-8,11-13,15,17,20-27,29-31H2,1-5H3,(H,48,52)(H,49,51)/t32-,39+,40-,41+/m0/s1. The second-order valence-corrected chi connectivity index (χ2v) is 17.0. The zero-order valence-electron chi connectivity index (χ0n) is 35.2. The van der Waals surface area contributed by atoms with Crippen molar-refractivity contribution in [1.29, 1.82) is 0 Å². The summed E-state index contributed by atoms with van der Waals surface area (Å²) in [7, 11) is 1.71. The van der Waals surface area contributed by atoms with Crippen molar-refractivity contribution in [3.05, 3.63) is 64.7 Å². The van der Waals surface area contributed by atoms with Crippen molar-refractivity contribution in [3.63, 3.8) is 0 Å². The highest BCUT2D eigenvalue weighted by molar-refractivity contribution is 5.94. The van der Waals surface area contributed by atoms with Crippen LogP contribution >= 0.6 is 0 Å². The van der Waals surface area contributed by atoms with E-state index in [9.17, 15) is 14.4 Å². The van der Waals surface area contributed by atoms with Crippen LogP contribution in [0.25, 0.3) is 0 Å². The number of likely N-dealkylation sites (N-methyl/N-ethyl adjacent to an activating group) is 1. The second-order valence-electron chi connectivity index (χ2n) is 17.0. The number of carbonyl (C=O) groups is 3. The minimum Gasteiger partial charge on any atom is -0.491 e. The fourth-order valence-electron chi connectivity index (χ4n) is 8.10. The number of amides is 3. The molecule has 0 spiro atoms. The average Bonchev–Trinajstić information content (AvgIpc) is 3.21. The van der Waals surface area contributed by atoms with Crippen LogP contribution in [0.2, 0.25) is 0 Å². The highest BCUT2D eigenvalue weighted by Crippen LogP contribution is 2.33. The summed E-state index contributed by atoms with van der Waals surface area (Å²) in [4.78, 5) is 43.6. The molecule has 1 saturated carbocycles. The van der Waals surface area contributed by atoms with Gasteiger partial charge in [0.1, 0.15) is 24.4 Å². The van der Waals surface area contributed by atoms with E-state index in [1.165, 1.54) is 37.7 Å². The summed E-state index contributed by atoms with van der Waals surface area (Å²) in [6, 6.07) is 11.9. The maximum absolute atomic E-state index is 14.6. The van der Waals surface area contributed by atoms with Crippen LogP contribution in [-0.2, 0) is 48.0 Å². The predicted octanol–water partition coefficient (Wildman–Crippen LogP) is 4.87. The van der Waals surface area contributed by atoms with E-state index in [2.05, 4.69) is 33.4 Å². The lowest BCUT2D eigenvalue weighted by Crippen LogP contribution is -2.62. The summed E-state index contributed by atoms with van der Waals surface area (Å²) in [5.41, 5.74) is 3.67. The number of ether oxygens (including phenoxy) is 4. The topological polar surface area (TPSA) is 139 Å². The first-order valence-electron chi connectivity index (χ1n) is 21.4. The normalized spacial score (nSPS) is 19.6. The molecule has 0 bridgehead atoms. The van der Waals surface area contributed by atoms with Crippen LogP contribution in [-0.4, -0.2) is 107 Å². The molecule has 12 heteroatoms. The van der Waals surface area contributed by atoms with Crippen molar-refractivity contribution in [3.8, 4) is 5.75 Å². The molecular formula is C45H69N5O7. The van der Waals surface area contributed by atoms with Crippen molar-refractivity contribution in [1.82, 2.24) is 26.2 Å². The summed E-state index contributed by atoms with van der Waals surface area (Å²) >= 11 is 0. The summed E-state index contributed by atoms with van der Waals surface area (Å²) in [5, 5.41) is 12.8. The smallest absolute Gasteiger partial charge is 0.246 e. The molecule has 0 aromatic heterocycles. The van der Waals surface area contributed by atoms with E-state index >= 15 is 0 Å². The Morgan fingerprint density at radius 2 is 1.53 bits per heavy atom. The SMILES string of the molecule is CN[C@@H](C)C(=O)N[C@H](C(=O)N1Cc2cc(OCCOCCOCCOCCNCC3CCCCC3)ccc2C[C@H]1C(=O)N[C@@H]1CCCc2ccccc21)C(C)(C)C. The molecule has 3 amide bonds. The van der Waals surface area contributed by atoms with Gasteiger partial charge in [0.25, 0.3) is 0 Å². The molecular weight excluding hydrogens is 723 g/mol. The van der Waals surface area contributed by atoms with Gasteiger partial charge in [0.2, 0.25) is 17.7 Å². The lowest BCUT2D eigenvalue weighted by molar-refractivity contribution is -0.147. The number of rotatable bonds is 21. The monoisotopic (exact) mass is 792 g/mol. The second kappa shape index (κ2) is 22.6. The Bertz CT molecular complexity index is 1580. The highest BCUT2D eigenvalue weighted by atomic mass is 16.6. The molecule has 12 nitrogen and oxygen atoms in total. The van der Waals surface area contributed by atoms with E-state index in [1.807, 2.05) is 51.1 Å². The molecule has 5 rings (SSSR count). The fraction of sp³-hybridized carbons (Fsp3) is 0.667. The van der Waals surface area contributed by atoms with Crippen LogP contribution in [0.15, 0.2) is 42.5 Å². The molecule has 2 aromatic carbocycles. The molecule has 316 valence electrons. The summed E-state index contributed by atoms with van der Waals surface area (Å²) in [6.45, 7) is 13.2. The van der Waals surface area contributed by atoms with Crippen LogP contribution in [0.3, 0.4) is 0 Å². The van der Waals surface area contributed by atoms with Gasteiger partial charge < -0.3 is 45.1 Å². The predicted molar refractivity (Wildman–Crippen MR) is 222 cm³/mol. The van der Waals surface area contributed by atoms with E-state index in [1.54, 1.807) is 18.9 Å². The molecule has 1 fully saturated rings. The zero-order valence-corrected chi connectivity index (χ0v) is 35.2. The maximum atomic E-state index is 14.6. The summed E-state index contributed by atoms with van der Waals surface area (Å²) in [6.07, 6.45) is 10.00. The number of nitrogens with one attached hydrogen (secondary N) is 4. The number of hydrogen-bond donors (Lipinski definition) is 4. The Kier molecular flexibility index (Phi) is 17.6. The van der Waals surface area contributed by atoms with Crippen molar-refractivity contribution in [2.75, 3.05) is 66.4 Å². The molecule has 57 heavy (non-hydrogen) atoms. The van der Waals surface area contributed by atoms with E-state index < -0.39 is 23.5 Å². The Balaban J connectivity index is 1.12. The molecule has 4 N–H and O–H groups in total. The van der Waals surface area contributed by atoms with Gasteiger partial charge in [-0.05, 0) is 98.3 Å². The summed E-state index contributed by atoms with van der Waals surface area (Å²) < 4.78 is 23.1. The Labute approximate surface area is 340 Å². The first-order valence-corrected chi connectivity index (χ1v) is 21.4. The van der Waals surface area contributed by atoms with Gasteiger partial charge in [-0.25, -0.2) is 0 Å². The van der Waals surface area contributed by atoms with E-state index in [-0.39, 0.29) is 30.3 Å². The quantitative estimate of drug-likeness (QED) is 0.131.